The zero-order chi connectivity index (χ0) is 9.80. The highest BCUT2D eigenvalue weighted by molar-refractivity contribution is 5.11. The van der Waals surface area contributed by atoms with Crippen molar-refractivity contribution in [3.8, 4) is 5.75 Å². The molecule has 0 radical (unpaired) electrons. The van der Waals surface area contributed by atoms with E-state index in [0.717, 1.165) is 25.4 Å². The predicted octanol–water partition coefficient (Wildman–Crippen LogP) is 1.03. The number of rotatable bonds is 4. The molecule has 1 N–H and O–H groups in total. The Kier molecular flexibility index (Phi) is 3.03. The number of nitrogens with one attached hydrogen (secondary N) is 1. The van der Waals surface area contributed by atoms with Crippen molar-refractivity contribution in [2.45, 2.75) is 32.4 Å². The van der Waals surface area contributed by atoms with Crippen LogP contribution in [0.3, 0.4) is 0 Å². The first kappa shape index (κ1) is 9.52. The minimum atomic E-state index is 0.528. The summed E-state index contributed by atoms with van der Waals surface area (Å²) in [4.78, 5) is 0. The predicted molar refractivity (Wildman–Crippen MR) is 54.4 cm³/mol. The third kappa shape index (κ3) is 2.26. The van der Waals surface area contributed by atoms with Gasteiger partial charge in [-0.1, -0.05) is 0 Å². The highest BCUT2D eigenvalue weighted by Crippen LogP contribution is 2.11. The van der Waals surface area contributed by atoms with E-state index in [0.29, 0.717) is 6.04 Å². The summed E-state index contributed by atoms with van der Waals surface area (Å²) in [6.45, 7) is 4.85. The Morgan fingerprint density at radius 3 is 3.29 bits per heavy atom. The number of nitrogens with zero attached hydrogens (tertiary/aromatic N) is 2. The van der Waals surface area contributed by atoms with Crippen molar-refractivity contribution in [1.29, 1.82) is 0 Å². The molecule has 1 saturated heterocycles. The summed E-state index contributed by atoms with van der Waals surface area (Å²) >= 11 is 0. The summed E-state index contributed by atoms with van der Waals surface area (Å²) in [5.41, 5.74) is 0. The Hall–Kier alpha value is -1.03. The summed E-state index contributed by atoms with van der Waals surface area (Å²) in [5.74, 6) is 0.876. The van der Waals surface area contributed by atoms with Gasteiger partial charge in [0.05, 0.1) is 12.4 Å². The molecule has 14 heavy (non-hydrogen) atoms. The maximum Gasteiger partial charge on any atom is 0.157 e. The molecule has 0 spiro atoms. The topological polar surface area (TPSA) is 39.1 Å². The molecule has 0 aliphatic carbocycles. The second kappa shape index (κ2) is 4.46. The first-order valence-electron chi connectivity index (χ1n) is 5.27. The van der Waals surface area contributed by atoms with Crippen molar-refractivity contribution in [1.82, 2.24) is 15.1 Å². The molecule has 1 aromatic rings. The Balaban J connectivity index is 1.79. The van der Waals surface area contributed by atoms with Crippen LogP contribution in [0.2, 0.25) is 0 Å². The van der Waals surface area contributed by atoms with Crippen molar-refractivity contribution < 1.29 is 4.74 Å². The Labute approximate surface area is 84.3 Å². The first-order valence-corrected chi connectivity index (χ1v) is 5.27. The quantitative estimate of drug-likeness (QED) is 0.780. The highest BCUT2D eigenvalue weighted by Gasteiger charge is 2.14. The van der Waals surface area contributed by atoms with Crippen LogP contribution >= 0.6 is 0 Å². The van der Waals surface area contributed by atoms with Crippen LogP contribution < -0.4 is 10.1 Å². The molecule has 4 heteroatoms. The van der Waals surface area contributed by atoms with Gasteiger partial charge in [0.25, 0.3) is 0 Å². The smallest absolute Gasteiger partial charge is 0.157 e. The maximum atomic E-state index is 5.63. The molecule has 78 valence electrons. The summed E-state index contributed by atoms with van der Waals surface area (Å²) < 4.78 is 7.50. The molecule has 0 amide bonds. The number of hydrogen-bond acceptors (Lipinski definition) is 3. The molecule has 4 nitrogen and oxygen atoms in total. The Bertz CT molecular complexity index is 279. The average molecular weight is 195 g/mol. The van der Waals surface area contributed by atoms with Crippen LogP contribution in [-0.4, -0.2) is 29.0 Å². The zero-order valence-electron chi connectivity index (χ0n) is 8.57. The van der Waals surface area contributed by atoms with E-state index in [1.54, 1.807) is 6.20 Å². The molecule has 2 rings (SSSR count). The van der Waals surface area contributed by atoms with E-state index in [-0.39, 0.29) is 0 Å². The molecule has 1 fully saturated rings. The van der Waals surface area contributed by atoms with Gasteiger partial charge in [0.2, 0.25) is 0 Å². The molecule has 1 aliphatic heterocycles. The summed E-state index contributed by atoms with van der Waals surface area (Å²) in [6, 6.07) is 0.528. The van der Waals surface area contributed by atoms with Gasteiger partial charge < -0.3 is 10.1 Å². The minimum Gasteiger partial charge on any atom is -0.489 e. The van der Waals surface area contributed by atoms with E-state index in [9.17, 15) is 0 Å². The van der Waals surface area contributed by atoms with Gasteiger partial charge in [0, 0.05) is 12.6 Å². The van der Waals surface area contributed by atoms with Crippen LogP contribution in [0.15, 0.2) is 12.4 Å². The van der Waals surface area contributed by atoms with E-state index in [4.69, 9.17) is 4.74 Å². The summed E-state index contributed by atoms with van der Waals surface area (Å²) in [5, 5.41) is 7.55. The molecule has 2 heterocycles. The van der Waals surface area contributed by atoms with Gasteiger partial charge in [-0.15, -0.1) is 0 Å². The number of aryl methyl sites for hydroxylation is 1. The largest absolute Gasteiger partial charge is 0.489 e. The highest BCUT2D eigenvalue weighted by atomic mass is 16.5. The molecular weight excluding hydrogens is 178 g/mol. The fourth-order valence-corrected chi connectivity index (χ4v) is 1.69. The third-order valence-corrected chi connectivity index (χ3v) is 2.55. The number of hydrogen-bond donors (Lipinski definition) is 1. The minimum absolute atomic E-state index is 0.528. The van der Waals surface area contributed by atoms with Gasteiger partial charge in [-0.05, 0) is 26.3 Å². The van der Waals surface area contributed by atoms with Crippen LogP contribution in [0.1, 0.15) is 19.8 Å². The van der Waals surface area contributed by atoms with E-state index in [1.165, 1.54) is 12.8 Å². The van der Waals surface area contributed by atoms with Crippen molar-refractivity contribution in [2.24, 2.45) is 0 Å². The fraction of sp³-hybridized carbons (Fsp3) is 0.700. The fourth-order valence-electron chi connectivity index (χ4n) is 1.69. The van der Waals surface area contributed by atoms with Crippen LogP contribution in [-0.2, 0) is 6.54 Å². The summed E-state index contributed by atoms with van der Waals surface area (Å²) in [7, 11) is 0. The molecule has 1 aromatic heterocycles. The number of aromatic nitrogens is 2. The van der Waals surface area contributed by atoms with Gasteiger partial charge in [-0.25, -0.2) is 0 Å². The van der Waals surface area contributed by atoms with E-state index in [2.05, 4.69) is 17.3 Å². The van der Waals surface area contributed by atoms with Crippen molar-refractivity contribution in [2.75, 3.05) is 13.2 Å². The van der Waals surface area contributed by atoms with E-state index >= 15 is 0 Å². The average Bonchev–Trinajstić information content (AvgIpc) is 2.86. The Morgan fingerprint density at radius 1 is 1.71 bits per heavy atom. The van der Waals surface area contributed by atoms with Gasteiger partial charge >= 0.3 is 0 Å². The lowest BCUT2D eigenvalue weighted by Crippen LogP contribution is -2.28. The van der Waals surface area contributed by atoms with Crippen LogP contribution in [0, 0.1) is 0 Å². The lowest BCUT2D eigenvalue weighted by atomic mass is 10.2. The second-order valence-electron chi connectivity index (χ2n) is 3.64. The lowest BCUT2D eigenvalue weighted by Gasteiger charge is -2.09. The normalized spacial score (nSPS) is 21.4. The maximum absolute atomic E-state index is 5.63. The monoisotopic (exact) mass is 195 g/mol. The Morgan fingerprint density at radius 2 is 2.64 bits per heavy atom. The molecular formula is C10H17N3O. The van der Waals surface area contributed by atoms with Gasteiger partial charge in [0.15, 0.2) is 5.75 Å². The van der Waals surface area contributed by atoms with E-state index in [1.807, 2.05) is 10.9 Å². The molecule has 0 unspecified atom stereocenters. The van der Waals surface area contributed by atoms with Crippen molar-refractivity contribution in [3.63, 3.8) is 0 Å². The summed E-state index contributed by atoms with van der Waals surface area (Å²) in [6.07, 6.45) is 6.21. The third-order valence-electron chi connectivity index (χ3n) is 2.55. The second-order valence-corrected chi connectivity index (χ2v) is 3.64. The van der Waals surface area contributed by atoms with Crippen LogP contribution in [0.5, 0.6) is 5.75 Å². The van der Waals surface area contributed by atoms with Gasteiger partial charge in [-0.2, -0.15) is 5.10 Å². The molecule has 1 atom stereocenters. The van der Waals surface area contributed by atoms with Crippen LogP contribution in [0.25, 0.3) is 0 Å². The van der Waals surface area contributed by atoms with Crippen molar-refractivity contribution >= 4 is 0 Å². The molecule has 0 saturated carbocycles. The molecule has 0 bridgehead atoms. The lowest BCUT2D eigenvalue weighted by molar-refractivity contribution is 0.277. The van der Waals surface area contributed by atoms with E-state index < -0.39 is 0 Å². The first-order chi connectivity index (χ1) is 6.88. The SMILES string of the molecule is CCn1cc(OC[C@H]2CCCN2)cn1. The zero-order valence-corrected chi connectivity index (χ0v) is 8.57. The van der Waals surface area contributed by atoms with Crippen LogP contribution in [0.4, 0.5) is 0 Å². The molecule has 0 aromatic carbocycles. The van der Waals surface area contributed by atoms with Crippen molar-refractivity contribution in [3.05, 3.63) is 12.4 Å². The molecule has 1 aliphatic rings. The van der Waals surface area contributed by atoms with Gasteiger partial charge in [0.1, 0.15) is 6.61 Å². The van der Waals surface area contributed by atoms with Gasteiger partial charge in [-0.3, -0.25) is 4.68 Å². The standard InChI is InChI=1S/C10H17N3O/c1-2-13-7-10(6-12-13)14-8-9-4-3-5-11-9/h6-7,9,11H,2-5,8H2,1H3/t9-/m1/s1. The number of ether oxygens (including phenoxy) is 1.